The lowest BCUT2D eigenvalue weighted by Crippen LogP contribution is -2.39. The minimum atomic E-state index is -0.0544. The van der Waals surface area contributed by atoms with Gasteiger partial charge in [0.1, 0.15) is 23.5 Å². The highest BCUT2D eigenvalue weighted by atomic mass is 16.5. The van der Waals surface area contributed by atoms with E-state index < -0.39 is 0 Å². The standard InChI is InChI=1S/C17H21N3O2/c1-3-14-10-17(19-12(2)18-14)20-7-8-22-16(11-20)13-5-4-6-15(21)9-13/h4-6,9-10,16,21H,3,7-8,11H2,1-2H3. The molecule has 0 amide bonds. The number of anilines is 1. The Bertz CT molecular complexity index is 660. The number of nitrogens with zero attached hydrogens (tertiary/aromatic N) is 3. The molecule has 1 aromatic heterocycles. The number of hydrogen-bond acceptors (Lipinski definition) is 5. The van der Waals surface area contributed by atoms with Gasteiger partial charge in [-0.25, -0.2) is 9.97 Å². The summed E-state index contributed by atoms with van der Waals surface area (Å²) in [6, 6.07) is 9.31. The van der Waals surface area contributed by atoms with Gasteiger partial charge in [0.05, 0.1) is 6.61 Å². The quantitative estimate of drug-likeness (QED) is 0.944. The molecule has 1 fully saturated rings. The van der Waals surface area contributed by atoms with E-state index in [9.17, 15) is 5.11 Å². The van der Waals surface area contributed by atoms with Gasteiger partial charge in [-0.1, -0.05) is 19.1 Å². The Hall–Kier alpha value is -2.14. The molecule has 1 saturated heterocycles. The first-order chi connectivity index (χ1) is 10.7. The van der Waals surface area contributed by atoms with Crippen molar-refractivity contribution in [2.24, 2.45) is 0 Å². The Labute approximate surface area is 130 Å². The van der Waals surface area contributed by atoms with E-state index in [0.717, 1.165) is 42.4 Å². The number of aromatic hydroxyl groups is 1. The molecule has 0 spiro atoms. The molecule has 1 aliphatic heterocycles. The van der Waals surface area contributed by atoms with Crippen molar-refractivity contribution in [2.75, 3.05) is 24.6 Å². The summed E-state index contributed by atoms with van der Waals surface area (Å²) in [4.78, 5) is 11.2. The SMILES string of the molecule is CCc1cc(N2CCOC(c3cccc(O)c3)C2)nc(C)n1. The van der Waals surface area contributed by atoms with Gasteiger partial charge in [0.15, 0.2) is 0 Å². The third-order valence-electron chi connectivity index (χ3n) is 3.87. The van der Waals surface area contributed by atoms with Gasteiger partial charge in [0, 0.05) is 24.8 Å². The number of hydrogen-bond donors (Lipinski definition) is 1. The Morgan fingerprint density at radius 1 is 1.32 bits per heavy atom. The van der Waals surface area contributed by atoms with Gasteiger partial charge >= 0.3 is 0 Å². The lowest BCUT2D eigenvalue weighted by Gasteiger charge is -2.34. The van der Waals surface area contributed by atoms with Crippen LogP contribution in [0.4, 0.5) is 5.82 Å². The van der Waals surface area contributed by atoms with Gasteiger partial charge in [0.2, 0.25) is 0 Å². The molecule has 1 aliphatic rings. The maximum Gasteiger partial charge on any atom is 0.132 e. The number of ether oxygens (including phenoxy) is 1. The van der Waals surface area contributed by atoms with Gasteiger partial charge in [-0.2, -0.15) is 0 Å². The second kappa shape index (κ2) is 6.32. The predicted molar refractivity (Wildman–Crippen MR) is 85.2 cm³/mol. The van der Waals surface area contributed by atoms with Crippen molar-refractivity contribution in [3.8, 4) is 5.75 Å². The summed E-state index contributed by atoms with van der Waals surface area (Å²) in [6.07, 6.45) is 0.845. The number of phenols is 1. The van der Waals surface area contributed by atoms with Crippen molar-refractivity contribution in [3.05, 3.63) is 47.4 Å². The molecule has 0 bridgehead atoms. The molecule has 1 atom stereocenters. The van der Waals surface area contributed by atoms with Gasteiger partial charge in [0.25, 0.3) is 0 Å². The fraction of sp³-hybridized carbons (Fsp3) is 0.412. The summed E-state index contributed by atoms with van der Waals surface area (Å²) in [5.74, 6) is 2.02. The summed E-state index contributed by atoms with van der Waals surface area (Å²) in [6.45, 7) is 6.21. The van der Waals surface area contributed by atoms with Gasteiger partial charge in [-0.05, 0) is 31.0 Å². The van der Waals surface area contributed by atoms with Crippen LogP contribution in [0.3, 0.4) is 0 Å². The van der Waals surface area contributed by atoms with Crippen LogP contribution in [-0.2, 0) is 11.2 Å². The van der Waals surface area contributed by atoms with E-state index in [4.69, 9.17) is 4.74 Å². The summed E-state index contributed by atoms with van der Waals surface area (Å²) < 4.78 is 5.86. The zero-order valence-corrected chi connectivity index (χ0v) is 13.0. The van der Waals surface area contributed by atoms with Crippen LogP contribution in [0, 0.1) is 6.92 Å². The van der Waals surface area contributed by atoms with Crippen molar-refractivity contribution in [1.82, 2.24) is 9.97 Å². The van der Waals surface area contributed by atoms with Crippen molar-refractivity contribution in [1.29, 1.82) is 0 Å². The maximum absolute atomic E-state index is 9.64. The summed E-state index contributed by atoms with van der Waals surface area (Å²) in [7, 11) is 0. The van der Waals surface area contributed by atoms with Crippen LogP contribution >= 0.6 is 0 Å². The highest BCUT2D eigenvalue weighted by molar-refractivity contribution is 5.41. The Kier molecular flexibility index (Phi) is 4.24. The molecule has 116 valence electrons. The zero-order chi connectivity index (χ0) is 15.5. The Balaban J connectivity index is 1.82. The molecule has 1 N–H and O–H groups in total. The van der Waals surface area contributed by atoms with E-state index in [1.165, 1.54) is 0 Å². The first-order valence-electron chi connectivity index (χ1n) is 7.65. The van der Waals surface area contributed by atoms with E-state index in [-0.39, 0.29) is 11.9 Å². The molecule has 2 heterocycles. The fourth-order valence-electron chi connectivity index (χ4n) is 2.74. The van der Waals surface area contributed by atoms with Gasteiger partial charge < -0.3 is 14.7 Å². The number of phenolic OH excluding ortho intramolecular Hbond substituents is 1. The number of rotatable bonds is 3. The van der Waals surface area contributed by atoms with Crippen LogP contribution in [-0.4, -0.2) is 34.8 Å². The Morgan fingerprint density at radius 2 is 2.18 bits per heavy atom. The minimum Gasteiger partial charge on any atom is -0.508 e. The third-order valence-corrected chi connectivity index (χ3v) is 3.87. The number of aryl methyl sites for hydroxylation is 2. The van der Waals surface area contributed by atoms with Crippen LogP contribution in [0.5, 0.6) is 5.75 Å². The number of morpholine rings is 1. The molecular weight excluding hydrogens is 278 g/mol. The molecule has 0 radical (unpaired) electrons. The van der Waals surface area contributed by atoms with Crippen LogP contribution in [0.1, 0.15) is 30.1 Å². The van der Waals surface area contributed by atoms with Crippen LogP contribution in [0.2, 0.25) is 0 Å². The molecule has 5 nitrogen and oxygen atoms in total. The normalized spacial score (nSPS) is 18.5. The first kappa shape index (κ1) is 14.8. The molecule has 5 heteroatoms. The molecular formula is C17H21N3O2. The van der Waals surface area contributed by atoms with Crippen molar-refractivity contribution >= 4 is 5.82 Å². The van der Waals surface area contributed by atoms with Crippen LogP contribution < -0.4 is 4.90 Å². The van der Waals surface area contributed by atoms with Crippen molar-refractivity contribution < 1.29 is 9.84 Å². The van der Waals surface area contributed by atoms with Crippen molar-refractivity contribution in [3.63, 3.8) is 0 Å². The van der Waals surface area contributed by atoms with E-state index in [1.54, 1.807) is 12.1 Å². The zero-order valence-electron chi connectivity index (χ0n) is 13.0. The molecule has 2 aromatic rings. The highest BCUT2D eigenvalue weighted by Crippen LogP contribution is 2.27. The lowest BCUT2D eigenvalue weighted by molar-refractivity contribution is 0.0394. The summed E-state index contributed by atoms with van der Waals surface area (Å²) in [5, 5.41) is 9.64. The van der Waals surface area contributed by atoms with E-state index in [1.807, 2.05) is 19.1 Å². The Morgan fingerprint density at radius 3 is 2.95 bits per heavy atom. The smallest absolute Gasteiger partial charge is 0.132 e. The molecule has 0 aliphatic carbocycles. The molecule has 22 heavy (non-hydrogen) atoms. The van der Waals surface area contributed by atoms with E-state index in [0.29, 0.717) is 6.61 Å². The molecule has 0 saturated carbocycles. The number of benzene rings is 1. The average molecular weight is 299 g/mol. The average Bonchev–Trinajstić information content (AvgIpc) is 2.54. The van der Waals surface area contributed by atoms with Gasteiger partial charge in [-0.3, -0.25) is 0 Å². The summed E-state index contributed by atoms with van der Waals surface area (Å²) in [5.41, 5.74) is 2.05. The first-order valence-corrected chi connectivity index (χ1v) is 7.65. The second-order valence-electron chi connectivity index (χ2n) is 5.52. The van der Waals surface area contributed by atoms with Crippen LogP contribution in [0.15, 0.2) is 30.3 Å². The second-order valence-corrected chi connectivity index (χ2v) is 5.52. The van der Waals surface area contributed by atoms with E-state index >= 15 is 0 Å². The maximum atomic E-state index is 9.64. The monoisotopic (exact) mass is 299 g/mol. The van der Waals surface area contributed by atoms with Gasteiger partial charge in [-0.15, -0.1) is 0 Å². The molecule has 1 aromatic carbocycles. The molecule has 3 rings (SSSR count). The topological polar surface area (TPSA) is 58.5 Å². The highest BCUT2D eigenvalue weighted by Gasteiger charge is 2.23. The minimum absolute atomic E-state index is 0.0544. The lowest BCUT2D eigenvalue weighted by atomic mass is 10.1. The van der Waals surface area contributed by atoms with Crippen molar-refractivity contribution in [2.45, 2.75) is 26.4 Å². The number of aromatic nitrogens is 2. The third kappa shape index (κ3) is 3.20. The van der Waals surface area contributed by atoms with E-state index in [2.05, 4.69) is 27.9 Å². The van der Waals surface area contributed by atoms with Crippen LogP contribution in [0.25, 0.3) is 0 Å². The summed E-state index contributed by atoms with van der Waals surface area (Å²) >= 11 is 0. The molecule has 1 unspecified atom stereocenters. The predicted octanol–water partition coefficient (Wildman–Crippen LogP) is 2.63. The fourth-order valence-corrected chi connectivity index (χ4v) is 2.74. The largest absolute Gasteiger partial charge is 0.508 e.